The van der Waals surface area contributed by atoms with Crippen molar-refractivity contribution >= 4 is 17.1 Å². The predicted octanol–water partition coefficient (Wildman–Crippen LogP) is 2.78. The van der Waals surface area contributed by atoms with Crippen molar-refractivity contribution in [3.63, 3.8) is 0 Å². The monoisotopic (exact) mass is 253 g/mol. The van der Waals surface area contributed by atoms with Crippen molar-refractivity contribution in [1.29, 1.82) is 0 Å². The largest absolute Gasteiger partial charge is 0.299 e. The lowest BCUT2D eigenvalue weighted by molar-refractivity contribution is -0.117. The van der Waals surface area contributed by atoms with E-state index >= 15 is 0 Å². The Hall–Kier alpha value is -1.62. The minimum atomic E-state index is -0.678. The van der Waals surface area contributed by atoms with Crippen LogP contribution in [0.4, 0.5) is 8.78 Å². The van der Waals surface area contributed by atoms with Gasteiger partial charge in [0.1, 0.15) is 17.4 Å². The smallest absolute Gasteiger partial charge is 0.142 e. The van der Waals surface area contributed by atoms with Gasteiger partial charge in [-0.25, -0.2) is 8.78 Å². The maximum atomic E-state index is 13.3. The molecule has 0 bridgehead atoms. The van der Waals surface area contributed by atoms with Crippen LogP contribution in [0, 0.1) is 11.6 Å². The van der Waals surface area contributed by atoms with Crippen molar-refractivity contribution in [2.75, 3.05) is 0 Å². The molecular weight excluding hydrogens is 244 g/mol. The molecule has 88 valence electrons. The number of halogens is 2. The van der Waals surface area contributed by atoms with Gasteiger partial charge < -0.3 is 0 Å². The molecule has 0 amide bonds. The van der Waals surface area contributed by atoms with Crippen LogP contribution in [0.2, 0.25) is 0 Å². The van der Waals surface area contributed by atoms with Crippen LogP contribution in [0.3, 0.4) is 0 Å². The summed E-state index contributed by atoms with van der Waals surface area (Å²) in [5.74, 6) is -1.43. The number of nitrogens with zero attached hydrogens (tertiary/aromatic N) is 1. The van der Waals surface area contributed by atoms with Crippen LogP contribution < -0.4 is 0 Å². The number of aromatic nitrogens is 1. The summed E-state index contributed by atoms with van der Waals surface area (Å²) >= 11 is 1.38. The Morgan fingerprint density at radius 1 is 1.29 bits per heavy atom. The average molecular weight is 253 g/mol. The summed E-state index contributed by atoms with van der Waals surface area (Å²) < 4.78 is 25.9. The van der Waals surface area contributed by atoms with E-state index in [0.717, 1.165) is 17.0 Å². The van der Waals surface area contributed by atoms with Gasteiger partial charge in [-0.3, -0.25) is 9.78 Å². The number of ketones is 1. The third-order valence-electron chi connectivity index (χ3n) is 2.26. The van der Waals surface area contributed by atoms with Gasteiger partial charge in [-0.1, -0.05) is 6.07 Å². The number of carbonyl (C=O) groups excluding carboxylic acids is 1. The van der Waals surface area contributed by atoms with E-state index < -0.39 is 11.6 Å². The fourth-order valence-corrected chi connectivity index (χ4v) is 2.09. The van der Waals surface area contributed by atoms with Crippen molar-refractivity contribution in [2.24, 2.45) is 0 Å². The molecule has 2 rings (SSSR count). The SMILES string of the molecule is O=C(Cc1cncs1)Cc1ccc(F)cc1F. The summed E-state index contributed by atoms with van der Waals surface area (Å²) in [6.45, 7) is 0. The highest BCUT2D eigenvalue weighted by atomic mass is 32.1. The van der Waals surface area contributed by atoms with Gasteiger partial charge in [-0.05, 0) is 11.6 Å². The van der Waals surface area contributed by atoms with E-state index in [2.05, 4.69) is 4.98 Å². The number of Topliss-reactive ketones (excluding diaryl/α,β-unsaturated/α-hetero) is 1. The van der Waals surface area contributed by atoms with Crippen LogP contribution in [-0.4, -0.2) is 10.8 Å². The van der Waals surface area contributed by atoms with Crippen LogP contribution in [0.5, 0.6) is 0 Å². The molecule has 0 aliphatic heterocycles. The van der Waals surface area contributed by atoms with Gasteiger partial charge in [0.25, 0.3) is 0 Å². The van der Waals surface area contributed by atoms with Gasteiger partial charge in [0.2, 0.25) is 0 Å². The molecule has 1 aromatic carbocycles. The highest BCUT2D eigenvalue weighted by Gasteiger charge is 2.10. The molecule has 2 aromatic rings. The number of rotatable bonds is 4. The fourth-order valence-electron chi connectivity index (χ4n) is 1.46. The number of hydrogen-bond acceptors (Lipinski definition) is 3. The summed E-state index contributed by atoms with van der Waals surface area (Å²) in [6, 6.07) is 3.24. The molecule has 0 aliphatic rings. The molecule has 0 saturated carbocycles. The summed E-state index contributed by atoms with van der Waals surface area (Å²) in [6.07, 6.45) is 1.83. The van der Waals surface area contributed by atoms with Crippen LogP contribution in [-0.2, 0) is 17.6 Å². The van der Waals surface area contributed by atoms with Crippen LogP contribution in [0.25, 0.3) is 0 Å². The zero-order chi connectivity index (χ0) is 12.3. The first kappa shape index (κ1) is 11.9. The zero-order valence-corrected chi connectivity index (χ0v) is 9.64. The summed E-state index contributed by atoms with van der Waals surface area (Å²) in [4.78, 5) is 16.3. The predicted molar refractivity (Wildman–Crippen MR) is 60.9 cm³/mol. The third kappa shape index (κ3) is 3.17. The zero-order valence-electron chi connectivity index (χ0n) is 8.82. The Balaban J connectivity index is 2.03. The molecule has 2 nitrogen and oxygen atoms in total. The Morgan fingerprint density at radius 3 is 2.76 bits per heavy atom. The molecule has 0 atom stereocenters. The molecule has 0 unspecified atom stereocenters. The van der Waals surface area contributed by atoms with Crippen LogP contribution in [0.1, 0.15) is 10.4 Å². The van der Waals surface area contributed by atoms with E-state index in [1.54, 1.807) is 11.7 Å². The van der Waals surface area contributed by atoms with Crippen LogP contribution in [0.15, 0.2) is 29.9 Å². The maximum Gasteiger partial charge on any atom is 0.142 e. The molecule has 1 aromatic heterocycles. The molecule has 0 radical (unpaired) electrons. The lowest BCUT2D eigenvalue weighted by Gasteiger charge is -2.01. The van der Waals surface area contributed by atoms with E-state index in [4.69, 9.17) is 0 Å². The molecule has 0 fully saturated rings. The Bertz CT molecular complexity index is 525. The van der Waals surface area contributed by atoms with Crippen molar-refractivity contribution in [2.45, 2.75) is 12.8 Å². The summed E-state index contributed by atoms with van der Waals surface area (Å²) in [5.41, 5.74) is 1.86. The molecule has 17 heavy (non-hydrogen) atoms. The van der Waals surface area contributed by atoms with Crippen molar-refractivity contribution in [3.8, 4) is 0 Å². The molecule has 0 saturated heterocycles. The molecule has 0 N–H and O–H groups in total. The van der Waals surface area contributed by atoms with E-state index in [-0.39, 0.29) is 24.2 Å². The second-order valence-electron chi connectivity index (χ2n) is 3.60. The summed E-state index contributed by atoms with van der Waals surface area (Å²) in [5, 5.41) is 0. The fraction of sp³-hybridized carbons (Fsp3) is 0.167. The van der Waals surface area contributed by atoms with Gasteiger partial charge in [-0.15, -0.1) is 11.3 Å². The number of hydrogen-bond donors (Lipinski definition) is 0. The highest BCUT2D eigenvalue weighted by Crippen LogP contribution is 2.13. The third-order valence-corrected chi connectivity index (χ3v) is 3.04. The molecule has 1 heterocycles. The molecule has 5 heteroatoms. The van der Waals surface area contributed by atoms with E-state index in [1.165, 1.54) is 17.4 Å². The van der Waals surface area contributed by atoms with Crippen molar-refractivity contribution < 1.29 is 13.6 Å². The first-order chi connectivity index (χ1) is 8.15. The van der Waals surface area contributed by atoms with Crippen molar-refractivity contribution in [3.05, 3.63) is 52.0 Å². The molecule has 0 aliphatic carbocycles. The molecule has 0 spiro atoms. The Morgan fingerprint density at radius 2 is 2.12 bits per heavy atom. The Kier molecular flexibility index (Phi) is 3.58. The second-order valence-corrected chi connectivity index (χ2v) is 4.57. The van der Waals surface area contributed by atoms with Crippen molar-refractivity contribution in [1.82, 2.24) is 4.98 Å². The first-order valence-corrected chi connectivity index (χ1v) is 5.86. The average Bonchev–Trinajstić information content (AvgIpc) is 2.75. The van der Waals surface area contributed by atoms with E-state index in [9.17, 15) is 13.6 Å². The highest BCUT2D eigenvalue weighted by molar-refractivity contribution is 7.09. The summed E-state index contributed by atoms with van der Waals surface area (Å²) in [7, 11) is 0. The van der Waals surface area contributed by atoms with E-state index in [0.29, 0.717) is 0 Å². The maximum absolute atomic E-state index is 13.3. The standard InChI is InChI=1S/C12H9F2NOS/c13-9-2-1-8(12(14)4-9)3-10(16)5-11-6-15-7-17-11/h1-2,4,6-7H,3,5H2. The minimum Gasteiger partial charge on any atom is -0.299 e. The number of carbonyl (C=O) groups is 1. The second kappa shape index (κ2) is 5.14. The van der Waals surface area contributed by atoms with Crippen LogP contribution >= 0.6 is 11.3 Å². The van der Waals surface area contributed by atoms with Gasteiger partial charge in [0.15, 0.2) is 0 Å². The first-order valence-electron chi connectivity index (χ1n) is 4.98. The van der Waals surface area contributed by atoms with E-state index in [1.807, 2.05) is 0 Å². The Labute approximate surface area is 101 Å². The van der Waals surface area contributed by atoms with Gasteiger partial charge >= 0.3 is 0 Å². The van der Waals surface area contributed by atoms with Gasteiger partial charge in [0.05, 0.1) is 5.51 Å². The molecular formula is C12H9F2NOS. The topological polar surface area (TPSA) is 30.0 Å². The normalized spacial score (nSPS) is 10.5. The van der Waals surface area contributed by atoms with Gasteiger partial charge in [-0.2, -0.15) is 0 Å². The number of benzene rings is 1. The minimum absolute atomic E-state index is 0.0238. The quantitative estimate of drug-likeness (QED) is 0.838. The lowest BCUT2D eigenvalue weighted by Crippen LogP contribution is -2.07. The van der Waals surface area contributed by atoms with Gasteiger partial charge in [0, 0.05) is 30.0 Å². The lowest BCUT2D eigenvalue weighted by atomic mass is 10.1. The number of thiazole rings is 1.